The first-order chi connectivity index (χ1) is 12.1. The zero-order valence-electron chi connectivity index (χ0n) is 13.0. The summed E-state index contributed by atoms with van der Waals surface area (Å²) in [6.45, 7) is 1.69. The number of ether oxygens (including phenoxy) is 1. The van der Waals surface area contributed by atoms with Crippen LogP contribution in [0, 0.1) is 11.8 Å². The molecule has 0 aliphatic carbocycles. The number of halogens is 1. The van der Waals surface area contributed by atoms with Crippen molar-refractivity contribution in [2.45, 2.75) is 25.4 Å². The Morgan fingerprint density at radius 1 is 1.36 bits per heavy atom. The van der Waals surface area contributed by atoms with Gasteiger partial charge in [0.05, 0.1) is 11.5 Å². The lowest BCUT2D eigenvalue weighted by Crippen LogP contribution is -2.29. The highest BCUT2D eigenvalue weighted by Gasteiger charge is 2.38. The van der Waals surface area contributed by atoms with Crippen molar-refractivity contribution in [1.82, 2.24) is 19.5 Å². The maximum absolute atomic E-state index is 10.3. The number of hydrogen-bond acceptors (Lipinski definition) is 7. The van der Waals surface area contributed by atoms with Gasteiger partial charge in [-0.1, -0.05) is 23.6 Å². The predicted octanol–water partition coefficient (Wildman–Crippen LogP) is 1.83. The highest BCUT2D eigenvalue weighted by atomic mass is 35.5. The van der Waals surface area contributed by atoms with Crippen molar-refractivity contribution in [3.05, 3.63) is 28.5 Å². The number of rotatable bonds is 2. The van der Waals surface area contributed by atoms with Crippen molar-refractivity contribution < 1.29 is 14.9 Å². The van der Waals surface area contributed by atoms with Crippen LogP contribution in [0.15, 0.2) is 17.5 Å². The Morgan fingerprint density at radius 3 is 2.84 bits per heavy atom. The van der Waals surface area contributed by atoms with Crippen molar-refractivity contribution in [1.29, 1.82) is 0 Å². The average Bonchev–Trinajstić information content (AvgIpc) is 3.30. The summed E-state index contributed by atoms with van der Waals surface area (Å²) < 4.78 is 7.11. The molecule has 0 unspecified atom stereocenters. The minimum atomic E-state index is -1.12. The van der Waals surface area contributed by atoms with E-state index in [9.17, 15) is 10.2 Å². The first-order valence-corrected chi connectivity index (χ1v) is 8.75. The van der Waals surface area contributed by atoms with Crippen molar-refractivity contribution in [3.8, 4) is 22.5 Å². The van der Waals surface area contributed by atoms with Crippen LogP contribution in [0.25, 0.3) is 21.9 Å². The van der Waals surface area contributed by atoms with Crippen LogP contribution in [0.2, 0.25) is 5.15 Å². The lowest BCUT2D eigenvalue weighted by Gasteiger charge is -2.18. The fraction of sp³-hybridized carbons (Fsp3) is 0.312. The molecule has 4 rings (SSSR count). The molecular formula is C16H13ClN4O3S. The lowest BCUT2D eigenvalue weighted by molar-refractivity contribution is -0.0167. The number of aliphatic hydroxyl groups excluding tert-OH is 2. The Kier molecular flexibility index (Phi) is 4.19. The number of aliphatic hydroxyl groups is 2. The van der Waals surface area contributed by atoms with E-state index in [4.69, 9.17) is 16.3 Å². The second-order valence-corrected chi connectivity index (χ2v) is 6.76. The van der Waals surface area contributed by atoms with Gasteiger partial charge in [0, 0.05) is 0 Å². The summed E-state index contributed by atoms with van der Waals surface area (Å²) in [6.07, 6.45) is -2.95. The fourth-order valence-electron chi connectivity index (χ4n) is 2.71. The van der Waals surface area contributed by atoms with E-state index in [1.807, 2.05) is 17.5 Å². The van der Waals surface area contributed by atoms with Gasteiger partial charge in [-0.05, 0) is 24.3 Å². The summed E-state index contributed by atoms with van der Waals surface area (Å²) in [5.41, 5.74) is 0.774. The van der Waals surface area contributed by atoms with E-state index < -0.39 is 18.4 Å². The summed E-state index contributed by atoms with van der Waals surface area (Å²) in [5.74, 6) is 6.44. The molecule has 7 nitrogen and oxygen atoms in total. The van der Waals surface area contributed by atoms with Crippen molar-refractivity contribution >= 4 is 34.1 Å². The zero-order chi connectivity index (χ0) is 17.6. The molecule has 0 aromatic carbocycles. The molecule has 2 N–H and O–H groups in total. The summed E-state index contributed by atoms with van der Waals surface area (Å²) in [6, 6.07) is 3.78. The van der Waals surface area contributed by atoms with Gasteiger partial charge in [0.1, 0.15) is 17.7 Å². The number of thiophene rings is 1. The molecule has 0 saturated carbocycles. The predicted molar refractivity (Wildman–Crippen MR) is 93.2 cm³/mol. The van der Waals surface area contributed by atoms with Gasteiger partial charge in [0.2, 0.25) is 0 Å². The molecule has 1 aliphatic rings. The van der Waals surface area contributed by atoms with Crippen LogP contribution >= 0.6 is 22.9 Å². The molecule has 0 spiro atoms. The van der Waals surface area contributed by atoms with Crippen LogP contribution in [0.5, 0.6) is 0 Å². The number of imidazole rings is 1. The smallest absolute Gasteiger partial charge is 0.189 e. The van der Waals surface area contributed by atoms with Gasteiger partial charge in [-0.25, -0.2) is 15.0 Å². The highest BCUT2D eigenvalue weighted by molar-refractivity contribution is 7.13. The van der Waals surface area contributed by atoms with Crippen molar-refractivity contribution in [2.75, 3.05) is 6.61 Å². The quantitative estimate of drug-likeness (QED) is 0.523. The maximum atomic E-state index is 10.3. The van der Waals surface area contributed by atoms with Gasteiger partial charge in [-0.3, -0.25) is 4.57 Å². The molecule has 3 atom stereocenters. The Balaban J connectivity index is 1.97. The van der Waals surface area contributed by atoms with Crippen molar-refractivity contribution in [2.24, 2.45) is 0 Å². The molecule has 1 saturated heterocycles. The molecule has 3 aromatic heterocycles. The van der Waals surface area contributed by atoms with E-state index in [0.29, 0.717) is 22.8 Å². The molecule has 3 aromatic rings. The van der Waals surface area contributed by atoms with Crippen LogP contribution in [0.1, 0.15) is 19.0 Å². The number of fused-ring (bicyclic) bond motifs is 1. The maximum Gasteiger partial charge on any atom is 0.189 e. The van der Waals surface area contributed by atoms with Gasteiger partial charge in [0.15, 0.2) is 28.7 Å². The molecule has 4 heterocycles. The van der Waals surface area contributed by atoms with E-state index in [1.54, 1.807) is 11.5 Å². The topological polar surface area (TPSA) is 93.3 Å². The molecule has 0 amide bonds. The van der Waals surface area contributed by atoms with Crippen LogP contribution in [-0.4, -0.2) is 48.5 Å². The Labute approximate surface area is 151 Å². The second kappa shape index (κ2) is 6.37. The first-order valence-electron chi connectivity index (χ1n) is 7.50. The number of hydrogen-bond donors (Lipinski definition) is 2. The standard InChI is InChI=1S/C16H13ClN4O3S/c1-2-4-10-18-11-13(17)19-14(9-5-3-6-25-9)20-15(11)21(10)16-12(23)8(22)7-24-16/h3,5-6,8,12,16,22-23H,7H2,1H3/t8-,12-,16-/m1/s1. The summed E-state index contributed by atoms with van der Waals surface area (Å²) in [5, 5.41) is 22.2. The largest absolute Gasteiger partial charge is 0.388 e. The Morgan fingerprint density at radius 2 is 2.20 bits per heavy atom. The number of aromatic nitrogens is 4. The fourth-order valence-corrected chi connectivity index (χ4v) is 3.57. The zero-order valence-corrected chi connectivity index (χ0v) is 14.6. The number of nitrogens with zero attached hydrogens (tertiary/aromatic N) is 4. The highest BCUT2D eigenvalue weighted by Crippen LogP contribution is 2.33. The van der Waals surface area contributed by atoms with Gasteiger partial charge >= 0.3 is 0 Å². The Hall–Kier alpha value is -2.02. The van der Waals surface area contributed by atoms with Gasteiger partial charge in [0.25, 0.3) is 0 Å². The second-order valence-electron chi connectivity index (χ2n) is 5.45. The van der Waals surface area contributed by atoms with E-state index in [-0.39, 0.29) is 11.8 Å². The van der Waals surface area contributed by atoms with Crippen LogP contribution in [0.4, 0.5) is 0 Å². The third-order valence-corrected chi connectivity index (χ3v) is 4.98. The summed E-state index contributed by atoms with van der Waals surface area (Å²) >= 11 is 7.80. The first kappa shape index (κ1) is 16.4. The van der Waals surface area contributed by atoms with E-state index in [0.717, 1.165) is 4.88 Å². The van der Waals surface area contributed by atoms with Crippen LogP contribution in [0.3, 0.4) is 0 Å². The van der Waals surface area contributed by atoms with E-state index in [1.165, 1.54) is 11.3 Å². The van der Waals surface area contributed by atoms with Crippen molar-refractivity contribution in [3.63, 3.8) is 0 Å². The molecule has 0 radical (unpaired) electrons. The molecule has 128 valence electrons. The average molecular weight is 377 g/mol. The third-order valence-electron chi connectivity index (χ3n) is 3.85. The minimum Gasteiger partial charge on any atom is -0.388 e. The normalized spacial score (nSPS) is 23.0. The van der Waals surface area contributed by atoms with E-state index >= 15 is 0 Å². The molecule has 9 heteroatoms. The molecule has 1 aliphatic heterocycles. The van der Waals surface area contributed by atoms with Gasteiger partial charge in [-0.2, -0.15) is 0 Å². The summed E-state index contributed by atoms with van der Waals surface area (Å²) in [4.78, 5) is 14.1. The molecule has 25 heavy (non-hydrogen) atoms. The van der Waals surface area contributed by atoms with Gasteiger partial charge in [-0.15, -0.1) is 11.3 Å². The Bertz CT molecular complexity index is 992. The molecule has 0 bridgehead atoms. The van der Waals surface area contributed by atoms with E-state index in [2.05, 4.69) is 26.8 Å². The van der Waals surface area contributed by atoms with Crippen LogP contribution < -0.4 is 0 Å². The van der Waals surface area contributed by atoms with Gasteiger partial charge < -0.3 is 14.9 Å². The van der Waals surface area contributed by atoms with Crippen LogP contribution in [-0.2, 0) is 4.74 Å². The lowest BCUT2D eigenvalue weighted by atomic mass is 10.2. The SMILES string of the molecule is CC#Cc1nc2c(Cl)nc(-c3cccs3)nc2n1[C@@H]1OC[C@@H](O)[C@H]1O. The monoisotopic (exact) mass is 376 g/mol. The molecular weight excluding hydrogens is 364 g/mol. The minimum absolute atomic E-state index is 0.0150. The summed E-state index contributed by atoms with van der Waals surface area (Å²) in [7, 11) is 0. The molecule has 1 fully saturated rings. The third kappa shape index (κ3) is 2.70.